The fraction of sp³-hybridized carbons (Fsp3) is 0.692. The van der Waals surface area contributed by atoms with E-state index >= 15 is 0 Å². The number of hydrogen-bond acceptors (Lipinski definition) is 9. The van der Waals surface area contributed by atoms with Crippen LogP contribution in [-0.2, 0) is 38.1 Å². The lowest BCUT2D eigenvalue weighted by atomic mass is 10.4. The van der Waals surface area contributed by atoms with Crippen LogP contribution in [0.1, 0.15) is 27.7 Å². The lowest BCUT2D eigenvalue weighted by Crippen LogP contribution is -2.29. The minimum atomic E-state index is -0.754. The van der Waals surface area contributed by atoms with Crippen LogP contribution in [0.4, 0.5) is 4.79 Å². The molecule has 0 N–H and O–H groups in total. The second-order valence-corrected chi connectivity index (χ2v) is 4.33. The molecule has 1 aliphatic rings. The Labute approximate surface area is 127 Å². The lowest BCUT2D eigenvalue weighted by Gasteiger charge is -2.15. The van der Waals surface area contributed by atoms with Crippen LogP contribution >= 0.6 is 0 Å². The Hall–Kier alpha value is -2.32. The summed E-state index contributed by atoms with van der Waals surface area (Å²) >= 11 is 0. The van der Waals surface area contributed by atoms with Gasteiger partial charge in [-0.25, -0.2) is 4.79 Å². The van der Waals surface area contributed by atoms with Crippen molar-refractivity contribution >= 4 is 24.1 Å². The summed E-state index contributed by atoms with van der Waals surface area (Å²) in [5, 5.41) is 0. The number of carbonyl (C=O) groups excluding carboxylic acids is 4. The summed E-state index contributed by atoms with van der Waals surface area (Å²) in [6.07, 6.45) is -1.35. The van der Waals surface area contributed by atoms with E-state index in [-0.39, 0.29) is 19.3 Å². The molecule has 0 bridgehead atoms. The first kappa shape index (κ1) is 19.7. The molecule has 22 heavy (non-hydrogen) atoms. The molecule has 0 radical (unpaired) electrons. The van der Waals surface area contributed by atoms with Crippen molar-refractivity contribution in [1.29, 1.82) is 0 Å². The molecule has 1 fully saturated rings. The standard InChI is InChI=1S/C9H14O6.C4H6O3/c1-6(10)13-4-9(15-8(3)12)5-14-7(2)11;1-3-2-6-4(5)7-3/h9H,4-5H2,1-3H3;3H,2H2,1H3. The van der Waals surface area contributed by atoms with Crippen LogP contribution in [0.3, 0.4) is 0 Å². The second kappa shape index (κ2) is 10.4. The Morgan fingerprint density at radius 3 is 1.82 bits per heavy atom. The minimum absolute atomic E-state index is 0.0486. The molecule has 0 aliphatic carbocycles. The van der Waals surface area contributed by atoms with Crippen LogP contribution in [0.5, 0.6) is 0 Å². The van der Waals surface area contributed by atoms with Gasteiger partial charge < -0.3 is 23.7 Å². The molecule has 9 heteroatoms. The van der Waals surface area contributed by atoms with Crippen LogP contribution < -0.4 is 0 Å². The molecule has 1 saturated heterocycles. The van der Waals surface area contributed by atoms with Gasteiger partial charge in [0.1, 0.15) is 25.9 Å². The van der Waals surface area contributed by atoms with Crippen molar-refractivity contribution in [1.82, 2.24) is 0 Å². The Morgan fingerprint density at radius 1 is 1.09 bits per heavy atom. The first-order valence-electron chi connectivity index (χ1n) is 6.48. The van der Waals surface area contributed by atoms with Crippen molar-refractivity contribution in [3.8, 4) is 0 Å². The van der Waals surface area contributed by atoms with Crippen molar-refractivity contribution in [3.63, 3.8) is 0 Å². The molecule has 0 aromatic rings. The minimum Gasteiger partial charge on any atom is -0.462 e. The van der Waals surface area contributed by atoms with E-state index < -0.39 is 30.2 Å². The van der Waals surface area contributed by atoms with Gasteiger partial charge in [0.15, 0.2) is 6.10 Å². The quantitative estimate of drug-likeness (QED) is 0.530. The van der Waals surface area contributed by atoms with Crippen molar-refractivity contribution in [3.05, 3.63) is 0 Å². The first-order chi connectivity index (χ1) is 10.2. The van der Waals surface area contributed by atoms with Gasteiger partial charge in [-0.3, -0.25) is 14.4 Å². The molecule has 1 aliphatic heterocycles. The third-order valence-corrected chi connectivity index (χ3v) is 2.01. The maximum absolute atomic E-state index is 10.6. The predicted molar refractivity (Wildman–Crippen MR) is 70.7 cm³/mol. The van der Waals surface area contributed by atoms with E-state index in [2.05, 4.69) is 18.9 Å². The van der Waals surface area contributed by atoms with Gasteiger partial charge in [0.2, 0.25) is 0 Å². The van der Waals surface area contributed by atoms with Gasteiger partial charge in [-0.2, -0.15) is 0 Å². The van der Waals surface area contributed by atoms with Crippen LogP contribution in [0.25, 0.3) is 0 Å². The SMILES string of the molecule is CC(=O)OCC(COC(C)=O)OC(C)=O.CC1COC(=O)O1. The summed E-state index contributed by atoms with van der Waals surface area (Å²) in [7, 11) is 0. The van der Waals surface area contributed by atoms with Gasteiger partial charge in [0.25, 0.3) is 0 Å². The fourth-order valence-electron chi connectivity index (χ4n) is 1.19. The highest BCUT2D eigenvalue weighted by atomic mass is 16.8. The highest BCUT2D eigenvalue weighted by molar-refractivity contribution is 5.67. The van der Waals surface area contributed by atoms with Gasteiger partial charge in [-0.15, -0.1) is 0 Å². The largest absolute Gasteiger partial charge is 0.508 e. The zero-order valence-corrected chi connectivity index (χ0v) is 13.0. The zero-order valence-electron chi connectivity index (χ0n) is 13.0. The van der Waals surface area contributed by atoms with E-state index in [0.29, 0.717) is 6.61 Å². The topological polar surface area (TPSA) is 114 Å². The average Bonchev–Trinajstić information content (AvgIpc) is 2.76. The van der Waals surface area contributed by atoms with Crippen LogP contribution in [0, 0.1) is 0 Å². The van der Waals surface area contributed by atoms with E-state index in [1.165, 1.54) is 20.8 Å². The van der Waals surface area contributed by atoms with Gasteiger partial charge >= 0.3 is 24.1 Å². The molecular weight excluding hydrogens is 300 g/mol. The third-order valence-electron chi connectivity index (χ3n) is 2.01. The number of esters is 3. The number of carbonyl (C=O) groups is 4. The molecule has 1 unspecified atom stereocenters. The van der Waals surface area contributed by atoms with E-state index in [4.69, 9.17) is 4.74 Å². The summed E-state index contributed by atoms with van der Waals surface area (Å²) in [6, 6.07) is 0. The number of cyclic esters (lactones) is 2. The maximum atomic E-state index is 10.6. The van der Waals surface area contributed by atoms with Crippen molar-refractivity contribution in [2.45, 2.75) is 39.9 Å². The second-order valence-electron chi connectivity index (χ2n) is 4.33. The van der Waals surface area contributed by atoms with Crippen molar-refractivity contribution < 1.29 is 42.9 Å². The molecule has 1 rings (SSSR count). The molecule has 0 amide bonds. The number of ether oxygens (including phenoxy) is 5. The van der Waals surface area contributed by atoms with Gasteiger partial charge in [0.05, 0.1) is 0 Å². The highest BCUT2D eigenvalue weighted by Crippen LogP contribution is 2.03. The monoisotopic (exact) mass is 320 g/mol. The summed E-state index contributed by atoms with van der Waals surface area (Å²) in [5.41, 5.74) is 0. The Bertz CT molecular complexity index is 386. The van der Waals surface area contributed by atoms with Crippen LogP contribution in [-0.4, -0.2) is 56.1 Å². The molecule has 0 aromatic heterocycles. The van der Waals surface area contributed by atoms with E-state index in [9.17, 15) is 19.2 Å². The summed E-state index contributed by atoms with van der Waals surface area (Å²) in [6.45, 7) is 5.62. The van der Waals surface area contributed by atoms with Crippen LogP contribution in [0.2, 0.25) is 0 Å². The van der Waals surface area contributed by atoms with Crippen molar-refractivity contribution in [2.75, 3.05) is 19.8 Å². The van der Waals surface area contributed by atoms with Crippen molar-refractivity contribution in [2.24, 2.45) is 0 Å². The first-order valence-corrected chi connectivity index (χ1v) is 6.48. The Kier molecular flexibility index (Phi) is 9.31. The summed E-state index contributed by atoms with van der Waals surface area (Å²) < 4.78 is 22.9. The fourth-order valence-corrected chi connectivity index (χ4v) is 1.19. The van der Waals surface area contributed by atoms with E-state index in [1.54, 1.807) is 6.92 Å². The Morgan fingerprint density at radius 2 is 1.59 bits per heavy atom. The number of hydrogen-bond donors (Lipinski definition) is 0. The summed E-state index contributed by atoms with van der Waals surface area (Å²) in [4.78, 5) is 41.7. The molecule has 126 valence electrons. The highest BCUT2D eigenvalue weighted by Gasteiger charge is 2.19. The molecular formula is C13H20O9. The van der Waals surface area contributed by atoms with E-state index in [1.807, 2.05) is 0 Å². The average molecular weight is 320 g/mol. The maximum Gasteiger partial charge on any atom is 0.508 e. The van der Waals surface area contributed by atoms with E-state index in [0.717, 1.165) is 0 Å². The van der Waals surface area contributed by atoms with Crippen LogP contribution in [0.15, 0.2) is 0 Å². The lowest BCUT2D eigenvalue weighted by molar-refractivity contribution is -0.163. The Balaban J connectivity index is 0.000000518. The summed E-state index contributed by atoms with van der Waals surface area (Å²) in [5.74, 6) is -1.51. The van der Waals surface area contributed by atoms with Gasteiger partial charge in [-0.1, -0.05) is 0 Å². The normalized spacial score (nSPS) is 15.9. The number of rotatable bonds is 5. The molecule has 9 nitrogen and oxygen atoms in total. The molecule has 0 saturated carbocycles. The molecule has 1 heterocycles. The smallest absolute Gasteiger partial charge is 0.462 e. The van der Waals surface area contributed by atoms with Gasteiger partial charge in [0, 0.05) is 20.8 Å². The molecule has 0 aromatic carbocycles. The zero-order chi connectivity index (χ0) is 17.1. The van der Waals surface area contributed by atoms with Gasteiger partial charge in [-0.05, 0) is 6.92 Å². The third kappa shape index (κ3) is 11.5. The predicted octanol–water partition coefficient (Wildman–Crippen LogP) is 0.586. The molecule has 1 atom stereocenters. The molecule has 0 spiro atoms.